The van der Waals surface area contributed by atoms with Crippen molar-refractivity contribution in [1.29, 1.82) is 0 Å². The molecule has 1 aromatic carbocycles. The first-order chi connectivity index (χ1) is 14.0. The minimum absolute atomic E-state index is 0.00526. The predicted octanol–water partition coefficient (Wildman–Crippen LogP) is 3.60. The maximum Gasteiger partial charge on any atom is 0.413 e. The lowest BCUT2D eigenvalue weighted by Crippen LogP contribution is -2.43. The number of carboxylic acid groups (broad SMARTS) is 1. The van der Waals surface area contributed by atoms with Crippen molar-refractivity contribution >= 4 is 18.0 Å². The van der Waals surface area contributed by atoms with Crippen LogP contribution in [0.25, 0.3) is 0 Å². The first-order valence-corrected chi connectivity index (χ1v) is 9.84. The number of carbonyl (C=O) groups excluding carboxylic acids is 2. The third-order valence-electron chi connectivity index (χ3n) is 4.89. The minimum Gasteiger partial charge on any atom is -0.480 e. The molecule has 0 aromatic heterocycles. The van der Waals surface area contributed by atoms with Gasteiger partial charge in [-0.15, -0.1) is 0 Å². The molecule has 1 amide bonds. The van der Waals surface area contributed by atoms with Gasteiger partial charge >= 0.3 is 18.0 Å². The van der Waals surface area contributed by atoms with E-state index in [4.69, 9.17) is 9.47 Å². The van der Waals surface area contributed by atoms with Gasteiger partial charge in [-0.25, -0.2) is 18.4 Å². The summed E-state index contributed by atoms with van der Waals surface area (Å²) in [6, 6.07) is 1.90. The number of halogens is 2. The number of rotatable bonds is 7. The number of carboxylic acids is 1. The van der Waals surface area contributed by atoms with Crippen molar-refractivity contribution in [3.05, 3.63) is 35.4 Å². The lowest BCUT2D eigenvalue weighted by Gasteiger charge is -2.27. The second-order valence-electron chi connectivity index (χ2n) is 8.14. The lowest BCUT2D eigenvalue weighted by atomic mass is 9.96. The highest BCUT2D eigenvalue weighted by Crippen LogP contribution is 2.29. The number of benzene rings is 1. The SMILES string of the molecule is CC(C)C(=O)O[C@@H](OC(=O)N1C[C@@H](Cc2cc(F)ccc2F)C[C@H]1C(=O)O)C(C)C. The Kier molecular flexibility index (Phi) is 7.75. The number of hydrogen-bond donors (Lipinski definition) is 1. The minimum atomic E-state index is -1.23. The molecule has 0 spiro atoms. The molecule has 0 bridgehead atoms. The molecule has 3 atom stereocenters. The Balaban J connectivity index is 2.11. The molecule has 2 rings (SSSR count). The van der Waals surface area contributed by atoms with Crippen LogP contribution in [0.15, 0.2) is 18.2 Å². The molecule has 166 valence electrons. The van der Waals surface area contributed by atoms with E-state index in [0.717, 1.165) is 23.1 Å². The molecule has 7 nitrogen and oxygen atoms in total. The van der Waals surface area contributed by atoms with E-state index >= 15 is 0 Å². The molecule has 1 fully saturated rings. The van der Waals surface area contributed by atoms with Crippen LogP contribution in [0.2, 0.25) is 0 Å². The summed E-state index contributed by atoms with van der Waals surface area (Å²) in [5, 5.41) is 9.51. The zero-order valence-corrected chi connectivity index (χ0v) is 17.4. The Labute approximate surface area is 173 Å². The summed E-state index contributed by atoms with van der Waals surface area (Å²) in [6.07, 6.45) is -1.95. The van der Waals surface area contributed by atoms with Gasteiger partial charge in [-0.2, -0.15) is 0 Å². The van der Waals surface area contributed by atoms with Crippen LogP contribution in [-0.2, 0) is 25.5 Å². The van der Waals surface area contributed by atoms with Crippen molar-refractivity contribution < 1.29 is 37.7 Å². The summed E-state index contributed by atoms with van der Waals surface area (Å²) in [4.78, 5) is 37.2. The average molecular weight is 427 g/mol. The van der Waals surface area contributed by atoms with E-state index in [1.54, 1.807) is 27.7 Å². The molecule has 1 heterocycles. The van der Waals surface area contributed by atoms with Crippen LogP contribution in [0.5, 0.6) is 0 Å². The fourth-order valence-corrected chi connectivity index (χ4v) is 3.23. The van der Waals surface area contributed by atoms with Crippen LogP contribution in [0, 0.1) is 29.4 Å². The second kappa shape index (κ2) is 9.86. The van der Waals surface area contributed by atoms with E-state index in [9.17, 15) is 28.3 Å². The number of ether oxygens (including phenoxy) is 2. The number of nitrogens with zero attached hydrogens (tertiary/aromatic N) is 1. The highest BCUT2D eigenvalue weighted by Gasteiger charge is 2.42. The largest absolute Gasteiger partial charge is 0.480 e. The van der Waals surface area contributed by atoms with Gasteiger partial charge in [-0.3, -0.25) is 9.69 Å². The van der Waals surface area contributed by atoms with Gasteiger partial charge in [0.2, 0.25) is 0 Å². The number of likely N-dealkylation sites (tertiary alicyclic amines) is 1. The molecule has 1 saturated heterocycles. The topological polar surface area (TPSA) is 93.1 Å². The van der Waals surface area contributed by atoms with Crippen LogP contribution in [0.1, 0.15) is 39.7 Å². The molecule has 0 aliphatic carbocycles. The molecule has 1 aliphatic heterocycles. The van der Waals surface area contributed by atoms with E-state index in [1.165, 1.54) is 0 Å². The van der Waals surface area contributed by atoms with Gasteiger partial charge in [0.25, 0.3) is 6.29 Å². The Morgan fingerprint density at radius 2 is 1.83 bits per heavy atom. The predicted molar refractivity (Wildman–Crippen MR) is 102 cm³/mol. The number of amides is 1. The Morgan fingerprint density at radius 3 is 2.40 bits per heavy atom. The standard InChI is InChI=1S/C21H27F2NO6/c1-11(2)19(27)29-20(12(3)4)30-21(28)24-10-13(8-17(24)18(25)26)7-14-9-15(22)5-6-16(14)23/h5-6,9,11-13,17,20H,7-8,10H2,1-4H3,(H,25,26)/t13-,17-,20-/m0/s1. The van der Waals surface area contributed by atoms with Crippen molar-refractivity contribution in [1.82, 2.24) is 4.90 Å². The average Bonchev–Trinajstić information content (AvgIpc) is 3.08. The summed E-state index contributed by atoms with van der Waals surface area (Å²) in [5.74, 6) is -4.13. The van der Waals surface area contributed by atoms with Crippen molar-refractivity contribution in [2.24, 2.45) is 17.8 Å². The number of hydrogen-bond acceptors (Lipinski definition) is 5. The van der Waals surface area contributed by atoms with Crippen LogP contribution >= 0.6 is 0 Å². The van der Waals surface area contributed by atoms with Crippen LogP contribution in [0.4, 0.5) is 13.6 Å². The zero-order valence-electron chi connectivity index (χ0n) is 17.4. The summed E-state index contributed by atoms with van der Waals surface area (Å²) < 4.78 is 37.9. The van der Waals surface area contributed by atoms with E-state index in [-0.39, 0.29) is 30.9 Å². The summed E-state index contributed by atoms with van der Waals surface area (Å²) in [7, 11) is 0. The first-order valence-electron chi connectivity index (χ1n) is 9.84. The molecule has 9 heteroatoms. The molecule has 0 radical (unpaired) electrons. The quantitative estimate of drug-likeness (QED) is 0.528. The van der Waals surface area contributed by atoms with E-state index in [2.05, 4.69) is 0 Å². The Bertz CT molecular complexity index is 798. The maximum absolute atomic E-state index is 13.9. The molecular weight excluding hydrogens is 400 g/mol. The van der Waals surface area contributed by atoms with E-state index in [0.29, 0.717) is 0 Å². The van der Waals surface area contributed by atoms with Gasteiger partial charge in [0.15, 0.2) is 0 Å². The zero-order chi connectivity index (χ0) is 22.6. The second-order valence-corrected chi connectivity index (χ2v) is 8.14. The van der Waals surface area contributed by atoms with Crippen molar-refractivity contribution in [2.75, 3.05) is 6.54 Å². The van der Waals surface area contributed by atoms with Crippen molar-refractivity contribution in [3.8, 4) is 0 Å². The fraction of sp³-hybridized carbons (Fsp3) is 0.571. The van der Waals surface area contributed by atoms with Crippen molar-refractivity contribution in [3.63, 3.8) is 0 Å². The van der Waals surface area contributed by atoms with Gasteiger partial charge in [0.1, 0.15) is 17.7 Å². The lowest BCUT2D eigenvalue weighted by molar-refractivity contribution is -0.181. The van der Waals surface area contributed by atoms with Gasteiger partial charge in [-0.1, -0.05) is 27.7 Å². The first kappa shape index (κ1) is 23.6. The van der Waals surface area contributed by atoms with Gasteiger partial charge in [-0.05, 0) is 42.5 Å². The Morgan fingerprint density at radius 1 is 1.17 bits per heavy atom. The maximum atomic E-state index is 13.9. The highest BCUT2D eigenvalue weighted by molar-refractivity contribution is 5.81. The molecule has 30 heavy (non-hydrogen) atoms. The molecular formula is C21H27F2NO6. The monoisotopic (exact) mass is 427 g/mol. The fourth-order valence-electron chi connectivity index (χ4n) is 3.23. The van der Waals surface area contributed by atoms with E-state index < -0.39 is 53.8 Å². The molecule has 0 unspecified atom stereocenters. The third-order valence-corrected chi connectivity index (χ3v) is 4.89. The smallest absolute Gasteiger partial charge is 0.413 e. The van der Waals surface area contributed by atoms with E-state index in [1.807, 2.05) is 0 Å². The number of aliphatic carboxylic acids is 1. The van der Waals surface area contributed by atoms with Crippen LogP contribution in [-0.4, -0.2) is 46.9 Å². The number of esters is 1. The summed E-state index contributed by atoms with van der Waals surface area (Å²) in [5.41, 5.74) is 0.116. The Hall–Kier alpha value is -2.71. The van der Waals surface area contributed by atoms with Gasteiger partial charge < -0.3 is 14.6 Å². The highest BCUT2D eigenvalue weighted by atomic mass is 19.1. The van der Waals surface area contributed by atoms with Gasteiger partial charge in [0, 0.05) is 12.5 Å². The molecule has 0 saturated carbocycles. The van der Waals surface area contributed by atoms with Crippen LogP contribution < -0.4 is 0 Å². The van der Waals surface area contributed by atoms with Crippen LogP contribution in [0.3, 0.4) is 0 Å². The molecule has 1 aromatic rings. The normalized spacial score (nSPS) is 19.8. The van der Waals surface area contributed by atoms with Crippen molar-refractivity contribution in [2.45, 2.75) is 52.9 Å². The third kappa shape index (κ3) is 5.90. The molecule has 1 N–H and O–H groups in total. The summed E-state index contributed by atoms with van der Waals surface area (Å²) >= 11 is 0. The number of carbonyl (C=O) groups is 3. The summed E-state index contributed by atoms with van der Waals surface area (Å²) in [6.45, 7) is 6.66. The van der Waals surface area contributed by atoms with Gasteiger partial charge in [0.05, 0.1) is 5.92 Å². The molecule has 1 aliphatic rings.